The first-order chi connectivity index (χ1) is 11.7. The monoisotopic (exact) mass is 319 g/mol. The number of carbonyl (C=O) groups excluding carboxylic acids is 2. The molecule has 24 heavy (non-hydrogen) atoms. The summed E-state index contributed by atoms with van der Waals surface area (Å²) in [5.74, 6) is 1.31. The Bertz CT molecular complexity index is 795. The lowest BCUT2D eigenvalue weighted by Gasteiger charge is -2.35. The summed E-state index contributed by atoms with van der Waals surface area (Å²) in [6.45, 7) is 0. The Labute approximate surface area is 140 Å². The van der Waals surface area contributed by atoms with Crippen molar-refractivity contribution in [3.8, 4) is 6.07 Å². The number of allylic oxidation sites excluding steroid dienone is 4. The number of hydrogen-bond donors (Lipinski definition) is 0. The molecule has 0 saturated heterocycles. The third-order valence-corrected chi connectivity index (χ3v) is 5.01. The predicted molar refractivity (Wildman–Crippen MR) is 86.8 cm³/mol. The SMILES string of the molecule is N#Cc1ccc(C2C3=C(CCCC3=O)OC3=C2C(=O)CCC3)cc1. The molecule has 0 atom stereocenters. The van der Waals surface area contributed by atoms with Crippen molar-refractivity contribution in [2.75, 3.05) is 0 Å². The second-order valence-corrected chi connectivity index (χ2v) is 6.50. The van der Waals surface area contributed by atoms with Crippen molar-refractivity contribution >= 4 is 11.6 Å². The number of ether oxygens (including phenoxy) is 1. The van der Waals surface area contributed by atoms with Gasteiger partial charge in [-0.3, -0.25) is 9.59 Å². The molecule has 4 heteroatoms. The molecule has 1 aromatic carbocycles. The first-order valence-electron chi connectivity index (χ1n) is 8.39. The lowest BCUT2D eigenvalue weighted by atomic mass is 9.73. The van der Waals surface area contributed by atoms with Gasteiger partial charge in [-0.15, -0.1) is 0 Å². The topological polar surface area (TPSA) is 67.2 Å². The maximum atomic E-state index is 12.6. The van der Waals surface area contributed by atoms with Crippen LogP contribution in [0.3, 0.4) is 0 Å². The molecule has 0 N–H and O–H groups in total. The highest BCUT2D eigenvalue weighted by molar-refractivity contribution is 6.05. The average Bonchev–Trinajstić information content (AvgIpc) is 2.61. The highest BCUT2D eigenvalue weighted by Crippen LogP contribution is 2.47. The van der Waals surface area contributed by atoms with Gasteiger partial charge in [-0.2, -0.15) is 5.26 Å². The van der Waals surface area contributed by atoms with E-state index in [1.165, 1.54) is 0 Å². The quantitative estimate of drug-likeness (QED) is 0.792. The molecule has 1 aliphatic heterocycles. The van der Waals surface area contributed by atoms with Gasteiger partial charge in [-0.25, -0.2) is 0 Å². The van der Waals surface area contributed by atoms with E-state index in [9.17, 15) is 9.59 Å². The van der Waals surface area contributed by atoms with Gasteiger partial charge < -0.3 is 4.74 Å². The molecule has 3 aliphatic rings. The number of nitrogens with zero attached hydrogens (tertiary/aromatic N) is 1. The summed E-state index contributed by atoms with van der Waals surface area (Å²) in [4.78, 5) is 25.2. The Balaban J connectivity index is 1.89. The van der Waals surface area contributed by atoms with Crippen molar-refractivity contribution in [3.05, 3.63) is 58.1 Å². The van der Waals surface area contributed by atoms with Crippen LogP contribution in [0.5, 0.6) is 0 Å². The number of benzene rings is 1. The van der Waals surface area contributed by atoms with Crippen LogP contribution in [0.4, 0.5) is 0 Å². The minimum Gasteiger partial charge on any atom is -0.465 e. The largest absolute Gasteiger partial charge is 0.465 e. The van der Waals surface area contributed by atoms with Crippen LogP contribution in [0.1, 0.15) is 55.6 Å². The van der Waals surface area contributed by atoms with Gasteiger partial charge in [0.1, 0.15) is 11.5 Å². The maximum absolute atomic E-state index is 12.6. The molecule has 4 nitrogen and oxygen atoms in total. The zero-order valence-corrected chi connectivity index (χ0v) is 13.3. The van der Waals surface area contributed by atoms with Gasteiger partial charge in [0.05, 0.1) is 11.6 Å². The summed E-state index contributed by atoms with van der Waals surface area (Å²) in [6.07, 6.45) is 4.11. The number of rotatable bonds is 1. The molecule has 0 bridgehead atoms. The van der Waals surface area contributed by atoms with Crippen LogP contribution in [0, 0.1) is 11.3 Å². The number of carbonyl (C=O) groups is 2. The normalized spacial score (nSPS) is 21.1. The number of ketones is 2. The highest BCUT2D eigenvalue weighted by Gasteiger charge is 2.41. The van der Waals surface area contributed by atoms with Crippen molar-refractivity contribution in [2.24, 2.45) is 0 Å². The molecule has 0 fully saturated rings. The Kier molecular flexibility index (Phi) is 3.57. The Morgan fingerprint density at radius 2 is 1.42 bits per heavy atom. The molecular weight excluding hydrogens is 302 g/mol. The smallest absolute Gasteiger partial charge is 0.163 e. The van der Waals surface area contributed by atoms with Crippen molar-refractivity contribution in [2.45, 2.75) is 44.4 Å². The summed E-state index contributed by atoms with van der Waals surface area (Å²) < 4.78 is 6.00. The van der Waals surface area contributed by atoms with E-state index in [1.54, 1.807) is 12.1 Å². The molecule has 0 radical (unpaired) electrons. The van der Waals surface area contributed by atoms with E-state index in [0.717, 1.165) is 42.8 Å². The fourth-order valence-electron chi connectivity index (χ4n) is 3.90. The summed E-state index contributed by atoms with van der Waals surface area (Å²) in [6, 6.07) is 9.30. The second-order valence-electron chi connectivity index (χ2n) is 6.50. The number of nitriles is 1. The maximum Gasteiger partial charge on any atom is 0.163 e. The van der Waals surface area contributed by atoms with Crippen LogP contribution in [-0.4, -0.2) is 11.6 Å². The van der Waals surface area contributed by atoms with Gasteiger partial charge in [0.2, 0.25) is 0 Å². The lowest BCUT2D eigenvalue weighted by molar-refractivity contribution is -0.117. The Morgan fingerprint density at radius 1 is 0.875 bits per heavy atom. The summed E-state index contributed by atoms with van der Waals surface area (Å²) in [5, 5.41) is 9.00. The minimum atomic E-state index is -0.336. The van der Waals surface area contributed by atoms with Crippen molar-refractivity contribution in [1.82, 2.24) is 0 Å². The fourth-order valence-corrected chi connectivity index (χ4v) is 3.90. The minimum absolute atomic E-state index is 0.0792. The molecule has 0 saturated carbocycles. The van der Waals surface area contributed by atoms with Crippen LogP contribution < -0.4 is 0 Å². The number of Topliss-reactive ketones (excluding diaryl/α,β-unsaturated/α-hetero) is 2. The van der Waals surface area contributed by atoms with E-state index < -0.39 is 0 Å². The van der Waals surface area contributed by atoms with Crippen LogP contribution in [-0.2, 0) is 14.3 Å². The molecule has 2 aliphatic carbocycles. The summed E-state index contributed by atoms with van der Waals surface area (Å²) >= 11 is 0. The Morgan fingerprint density at radius 3 is 1.92 bits per heavy atom. The molecule has 0 aromatic heterocycles. The molecule has 1 aromatic rings. The molecular formula is C20H17NO3. The fraction of sp³-hybridized carbons (Fsp3) is 0.350. The molecule has 1 heterocycles. The van der Waals surface area contributed by atoms with Gasteiger partial charge in [0, 0.05) is 42.7 Å². The van der Waals surface area contributed by atoms with E-state index in [4.69, 9.17) is 10.00 Å². The molecule has 0 spiro atoms. The predicted octanol–water partition coefficient (Wildman–Crippen LogP) is 3.69. The van der Waals surface area contributed by atoms with E-state index in [2.05, 4.69) is 6.07 Å². The van der Waals surface area contributed by atoms with Crippen molar-refractivity contribution in [3.63, 3.8) is 0 Å². The van der Waals surface area contributed by atoms with Gasteiger partial charge in [0.15, 0.2) is 11.6 Å². The third kappa shape index (κ3) is 2.28. The third-order valence-electron chi connectivity index (χ3n) is 5.01. The average molecular weight is 319 g/mol. The van der Waals surface area contributed by atoms with E-state index in [1.807, 2.05) is 12.1 Å². The van der Waals surface area contributed by atoms with Crippen LogP contribution >= 0.6 is 0 Å². The molecule has 120 valence electrons. The van der Waals surface area contributed by atoms with Crippen molar-refractivity contribution < 1.29 is 14.3 Å². The van der Waals surface area contributed by atoms with E-state index in [0.29, 0.717) is 29.6 Å². The molecule has 0 amide bonds. The van der Waals surface area contributed by atoms with E-state index >= 15 is 0 Å². The first kappa shape index (κ1) is 14.9. The lowest BCUT2D eigenvalue weighted by Crippen LogP contribution is -2.30. The van der Waals surface area contributed by atoms with Crippen molar-refractivity contribution in [1.29, 1.82) is 5.26 Å². The standard InChI is InChI=1S/C20H17NO3/c21-11-12-7-9-13(10-8-12)18-19-14(22)3-1-5-16(19)24-17-6-2-4-15(23)20(17)18/h7-10,18H,1-6H2. The number of hydrogen-bond acceptors (Lipinski definition) is 4. The zero-order valence-electron chi connectivity index (χ0n) is 13.3. The highest BCUT2D eigenvalue weighted by atomic mass is 16.5. The van der Waals surface area contributed by atoms with Crippen LogP contribution in [0.2, 0.25) is 0 Å². The zero-order chi connectivity index (χ0) is 16.7. The summed E-state index contributed by atoms with van der Waals surface area (Å²) in [7, 11) is 0. The van der Waals surface area contributed by atoms with Crippen LogP contribution in [0.25, 0.3) is 0 Å². The van der Waals surface area contributed by atoms with Gasteiger partial charge >= 0.3 is 0 Å². The van der Waals surface area contributed by atoms with E-state index in [-0.39, 0.29) is 17.5 Å². The Hall–Kier alpha value is -2.67. The first-order valence-corrected chi connectivity index (χ1v) is 8.39. The van der Waals surface area contributed by atoms with Gasteiger partial charge in [-0.05, 0) is 30.5 Å². The summed E-state index contributed by atoms with van der Waals surface area (Å²) in [5.41, 5.74) is 2.77. The molecule has 0 unspecified atom stereocenters. The van der Waals surface area contributed by atoms with Crippen LogP contribution in [0.15, 0.2) is 46.9 Å². The molecule has 4 rings (SSSR count). The van der Waals surface area contributed by atoms with Gasteiger partial charge in [-0.1, -0.05) is 12.1 Å². The van der Waals surface area contributed by atoms with Gasteiger partial charge in [0.25, 0.3) is 0 Å². The second kappa shape index (κ2) is 5.76.